The van der Waals surface area contributed by atoms with Crippen LogP contribution < -0.4 is 4.90 Å². The van der Waals surface area contributed by atoms with E-state index in [0.29, 0.717) is 11.2 Å². The Morgan fingerprint density at radius 3 is 2.40 bits per heavy atom. The number of anilines is 1. The van der Waals surface area contributed by atoms with E-state index >= 15 is 0 Å². The van der Waals surface area contributed by atoms with Gasteiger partial charge in [0, 0.05) is 30.1 Å². The van der Waals surface area contributed by atoms with Crippen LogP contribution in [0.4, 0.5) is 5.82 Å². The van der Waals surface area contributed by atoms with E-state index in [1.54, 1.807) is 0 Å². The Bertz CT molecular complexity index is 493. The standard InChI is InChI=1S/C15H25ClN4/c1-10-12(16)17-14(15(2,3)4)18-13(10)20-8-7-11(9-20)19(5)6/h11H,7-9H2,1-6H3. The van der Waals surface area contributed by atoms with Crippen molar-refractivity contribution in [2.45, 2.75) is 45.6 Å². The highest BCUT2D eigenvalue weighted by Crippen LogP contribution is 2.30. The number of hydrogen-bond acceptors (Lipinski definition) is 4. The van der Waals surface area contributed by atoms with Crippen molar-refractivity contribution < 1.29 is 0 Å². The molecule has 4 nitrogen and oxygen atoms in total. The molecule has 0 aliphatic carbocycles. The van der Waals surface area contributed by atoms with Crippen LogP contribution in [0, 0.1) is 6.92 Å². The molecule has 20 heavy (non-hydrogen) atoms. The maximum absolute atomic E-state index is 6.31. The SMILES string of the molecule is Cc1c(Cl)nc(C(C)(C)C)nc1N1CCC(N(C)C)C1. The van der Waals surface area contributed by atoms with Gasteiger partial charge in [-0.05, 0) is 27.4 Å². The molecule has 1 atom stereocenters. The van der Waals surface area contributed by atoms with Crippen molar-refractivity contribution in [1.29, 1.82) is 0 Å². The molecule has 0 aromatic carbocycles. The second-order valence-electron chi connectivity index (χ2n) is 6.89. The van der Waals surface area contributed by atoms with E-state index < -0.39 is 0 Å². The fourth-order valence-electron chi connectivity index (χ4n) is 2.48. The lowest BCUT2D eigenvalue weighted by atomic mass is 9.95. The molecule has 1 aromatic heterocycles. The van der Waals surface area contributed by atoms with E-state index in [-0.39, 0.29) is 5.41 Å². The lowest BCUT2D eigenvalue weighted by molar-refractivity contribution is 0.315. The van der Waals surface area contributed by atoms with Crippen molar-refractivity contribution in [1.82, 2.24) is 14.9 Å². The minimum absolute atomic E-state index is 0.0905. The van der Waals surface area contributed by atoms with E-state index in [1.807, 2.05) is 6.92 Å². The maximum Gasteiger partial charge on any atom is 0.137 e. The Balaban J connectivity index is 2.35. The lowest BCUT2D eigenvalue weighted by Gasteiger charge is -2.25. The molecular formula is C15H25ClN4. The van der Waals surface area contributed by atoms with E-state index in [0.717, 1.165) is 30.3 Å². The van der Waals surface area contributed by atoms with Gasteiger partial charge in [-0.15, -0.1) is 0 Å². The summed E-state index contributed by atoms with van der Waals surface area (Å²) in [6, 6.07) is 0.584. The maximum atomic E-state index is 6.31. The first kappa shape index (κ1) is 15.5. The summed E-state index contributed by atoms with van der Waals surface area (Å²) in [6.45, 7) is 10.4. The highest BCUT2D eigenvalue weighted by atomic mass is 35.5. The van der Waals surface area contributed by atoms with E-state index in [4.69, 9.17) is 16.6 Å². The van der Waals surface area contributed by atoms with Gasteiger partial charge in [0.1, 0.15) is 16.8 Å². The van der Waals surface area contributed by atoms with Gasteiger partial charge in [0.15, 0.2) is 0 Å². The Morgan fingerprint density at radius 2 is 1.90 bits per heavy atom. The molecule has 1 aromatic rings. The molecule has 1 aliphatic rings. The Kier molecular flexibility index (Phi) is 4.26. The number of aromatic nitrogens is 2. The molecule has 0 spiro atoms. The van der Waals surface area contributed by atoms with E-state index in [9.17, 15) is 0 Å². The van der Waals surface area contributed by atoms with Crippen molar-refractivity contribution in [3.8, 4) is 0 Å². The van der Waals surface area contributed by atoms with Gasteiger partial charge in [-0.25, -0.2) is 9.97 Å². The summed E-state index contributed by atoms with van der Waals surface area (Å²) in [5.41, 5.74) is 0.895. The third kappa shape index (κ3) is 3.07. The molecule has 0 amide bonds. The minimum Gasteiger partial charge on any atom is -0.355 e. The molecule has 112 valence electrons. The van der Waals surface area contributed by atoms with Gasteiger partial charge in [-0.2, -0.15) is 0 Å². The zero-order chi connectivity index (χ0) is 15.1. The average Bonchev–Trinajstić information content (AvgIpc) is 2.80. The average molecular weight is 297 g/mol. The van der Waals surface area contributed by atoms with Crippen LogP contribution in [0.2, 0.25) is 5.15 Å². The fourth-order valence-corrected chi connectivity index (χ4v) is 2.64. The molecule has 1 saturated heterocycles. The molecular weight excluding hydrogens is 272 g/mol. The highest BCUT2D eigenvalue weighted by Gasteiger charge is 2.28. The Hall–Kier alpha value is -0.870. The molecule has 2 rings (SSSR count). The minimum atomic E-state index is -0.0905. The van der Waals surface area contributed by atoms with Crippen LogP contribution in [0.3, 0.4) is 0 Å². The molecule has 1 unspecified atom stereocenters. The zero-order valence-electron chi connectivity index (χ0n) is 13.4. The molecule has 0 bridgehead atoms. The summed E-state index contributed by atoms with van der Waals surface area (Å²) < 4.78 is 0. The monoisotopic (exact) mass is 296 g/mol. The molecule has 1 fully saturated rings. The van der Waals surface area contributed by atoms with Crippen LogP contribution in [-0.4, -0.2) is 48.1 Å². The summed E-state index contributed by atoms with van der Waals surface area (Å²) in [5, 5.41) is 0.577. The predicted molar refractivity (Wildman–Crippen MR) is 84.8 cm³/mol. The molecule has 5 heteroatoms. The number of likely N-dealkylation sites (N-methyl/N-ethyl adjacent to an activating group) is 1. The third-order valence-electron chi connectivity index (χ3n) is 3.92. The van der Waals surface area contributed by atoms with Gasteiger partial charge < -0.3 is 9.80 Å². The molecule has 0 N–H and O–H groups in total. The van der Waals surface area contributed by atoms with Crippen LogP contribution in [0.5, 0.6) is 0 Å². The van der Waals surface area contributed by atoms with Gasteiger partial charge in [0.05, 0.1) is 0 Å². The van der Waals surface area contributed by atoms with Crippen molar-refractivity contribution in [2.24, 2.45) is 0 Å². The topological polar surface area (TPSA) is 32.3 Å². The molecule has 0 saturated carbocycles. The second kappa shape index (κ2) is 5.49. The van der Waals surface area contributed by atoms with Crippen molar-refractivity contribution in [2.75, 3.05) is 32.1 Å². The quantitative estimate of drug-likeness (QED) is 0.786. The first-order valence-electron chi connectivity index (χ1n) is 7.16. The van der Waals surface area contributed by atoms with Crippen LogP contribution in [0.25, 0.3) is 0 Å². The number of rotatable bonds is 2. The van der Waals surface area contributed by atoms with Crippen LogP contribution in [0.1, 0.15) is 38.6 Å². The lowest BCUT2D eigenvalue weighted by Crippen LogP contribution is -2.32. The summed E-state index contributed by atoms with van der Waals surface area (Å²) in [5.74, 6) is 1.82. The van der Waals surface area contributed by atoms with Crippen LogP contribution in [-0.2, 0) is 5.41 Å². The number of hydrogen-bond donors (Lipinski definition) is 0. The largest absolute Gasteiger partial charge is 0.355 e. The smallest absolute Gasteiger partial charge is 0.137 e. The third-order valence-corrected chi connectivity index (χ3v) is 4.29. The highest BCUT2D eigenvalue weighted by molar-refractivity contribution is 6.30. The predicted octanol–water partition coefficient (Wildman–Crippen LogP) is 2.88. The van der Waals surface area contributed by atoms with Crippen molar-refractivity contribution in [3.63, 3.8) is 0 Å². The molecule has 2 heterocycles. The van der Waals surface area contributed by atoms with Gasteiger partial charge in [0.2, 0.25) is 0 Å². The first-order valence-corrected chi connectivity index (χ1v) is 7.54. The van der Waals surface area contributed by atoms with Crippen LogP contribution >= 0.6 is 11.6 Å². The summed E-state index contributed by atoms with van der Waals surface area (Å²) in [4.78, 5) is 13.9. The Labute approximate surface area is 127 Å². The van der Waals surface area contributed by atoms with Crippen molar-refractivity contribution >= 4 is 17.4 Å². The Morgan fingerprint density at radius 1 is 1.25 bits per heavy atom. The molecule has 0 radical (unpaired) electrons. The van der Waals surface area contributed by atoms with Gasteiger partial charge in [-0.1, -0.05) is 32.4 Å². The van der Waals surface area contributed by atoms with E-state index in [1.165, 1.54) is 6.42 Å². The van der Waals surface area contributed by atoms with Crippen molar-refractivity contribution in [3.05, 3.63) is 16.5 Å². The first-order chi connectivity index (χ1) is 9.20. The van der Waals surface area contributed by atoms with Crippen LogP contribution in [0.15, 0.2) is 0 Å². The summed E-state index contributed by atoms with van der Waals surface area (Å²) in [7, 11) is 4.27. The summed E-state index contributed by atoms with van der Waals surface area (Å²) >= 11 is 6.31. The zero-order valence-corrected chi connectivity index (χ0v) is 14.1. The number of nitrogens with zero attached hydrogens (tertiary/aromatic N) is 4. The normalized spacial score (nSPS) is 20.0. The number of halogens is 1. The van der Waals surface area contributed by atoms with Gasteiger partial charge in [-0.3, -0.25) is 0 Å². The van der Waals surface area contributed by atoms with E-state index in [2.05, 4.69) is 49.7 Å². The molecule has 1 aliphatic heterocycles. The fraction of sp³-hybridized carbons (Fsp3) is 0.733. The second-order valence-corrected chi connectivity index (χ2v) is 7.25. The van der Waals surface area contributed by atoms with Gasteiger partial charge in [0.25, 0.3) is 0 Å². The van der Waals surface area contributed by atoms with Gasteiger partial charge >= 0.3 is 0 Å². The summed E-state index contributed by atoms with van der Waals surface area (Å²) in [6.07, 6.45) is 1.17.